The quantitative estimate of drug-likeness (QED) is 0.0302. The summed E-state index contributed by atoms with van der Waals surface area (Å²) in [6, 6.07) is -2.47. The molecule has 0 aliphatic heterocycles. The van der Waals surface area contributed by atoms with Crippen LogP contribution >= 0.6 is 0 Å². The molecule has 0 saturated heterocycles. The fraction of sp³-hybridized carbons (Fsp3) is 0.867. The number of nitrogens with two attached hydrogens (primary N) is 5. The standard InChI is InChI=1S/C60H118N12O8/c1-2-3-4-5-6-7-8-12-19-39-54(74)70-50(35-24-28-43-62)58(78)67-47-32-17-10-14-21-41-56(76)72-52(37-26-30-45-64)60(80)68-48-33-18-11-15-22-40-55(75)71-51(36-25-29-44-63)59(79)66-46-31-16-9-13-20-38-53(73)69-49(57(65)77)34-23-27-42-61/h49-52H,2-48,61-64H2,1H3,(H2,65,77)(H,66,79)(H,67,78)(H,68,80)(H,69,73)(H,70,74)(H,71,75)(H,72,76)/t49-,50-,51-,52-/m0/s1. The van der Waals surface area contributed by atoms with Crippen LogP contribution in [-0.4, -0.2) is 117 Å². The second kappa shape index (κ2) is 55.2. The Kier molecular flexibility index (Phi) is 52.1. The van der Waals surface area contributed by atoms with Gasteiger partial charge in [-0.1, -0.05) is 116 Å². The third-order valence-corrected chi connectivity index (χ3v) is 14.6. The van der Waals surface area contributed by atoms with Crippen molar-refractivity contribution in [2.24, 2.45) is 28.7 Å². The van der Waals surface area contributed by atoms with Gasteiger partial charge < -0.3 is 65.9 Å². The van der Waals surface area contributed by atoms with Gasteiger partial charge >= 0.3 is 0 Å². The van der Waals surface area contributed by atoms with Crippen molar-refractivity contribution < 1.29 is 38.4 Å². The van der Waals surface area contributed by atoms with Crippen LogP contribution in [0.5, 0.6) is 0 Å². The number of amides is 8. The predicted molar refractivity (Wildman–Crippen MR) is 323 cm³/mol. The van der Waals surface area contributed by atoms with E-state index in [0.717, 1.165) is 148 Å². The maximum Gasteiger partial charge on any atom is 0.242 e. The summed E-state index contributed by atoms with van der Waals surface area (Å²) in [6.45, 7) is 5.83. The molecular weight excluding hydrogens is 1020 g/mol. The van der Waals surface area contributed by atoms with Gasteiger partial charge in [0.05, 0.1) is 0 Å². The summed E-state index contributed by atoms with van der Waals surface area (Å²) in [5, 5.41) is 20.6. The van der Waals surface area contributed by atoms with Crippen LogP contribution in [-0.2, 0) is 38.4 Å². The maximum absolute atomic E-state index is 13.2. The van der Waals surface area contributed by atoms with Crippen LogP contribution in [0.2, 0.25) is 0 Å². The Morgan fingerprint density at radius 3 is 0.762 bits per heavy atom. The Labute approximate surface area is 483 Å². The zero-order chi connectivity index (χ0) is 59.1. The molecule has 0 radical (unpaired) electrons. The minimum absolute atomic E-state index is 0.0665. The largest absolute Gasteiger partial charge is 0.368 e. The van der Waals surface area contributed by atoms with Crippen molar-refractivity contribution in [1.82, 2.24) is 37.2 Å². The number of rotatable bonds is 58. The van der Waals surface area contributed by atoms with E-state index in [1.165, 1.54) is 38.5 Å². The van der Waals surface area contributed by atoms with Crippen molar-refractivity contribution in [3.8, 4) is 0 Å². The van der Waals surface area contributed by atoms with Crippen LogP contribution < -0.4 is 65.9 Å². The van der Waals surface area contributed by atoms with Gasteiger partial charge in [0.25, 0.3) is 0 Å². The molecule has 0 bridgehead atoms. The fourth-order valence-electron chi connectivity index (χ4n) is 9.55. The monoisotopic (exact) mass is 1130 g/mol. The minimum Gasteiger partial charge on any atom is -0.368 e. The molecule has 0 aromatic heterocycles. The molecule has 0 spiro atoms. The van der Waals surface area contributed by atoms with Gasteiger partial charge in [0.15, 0.2) is 0 Å². The second-order valence-corrected chi connectivity index (χ2v) is 22.0. The van der Waals surface area contributed by atoms with E-state index < -0.39 is 30.1 Å². The number of carbonyl (C=O) groups excluding carboxylic acids is 8. The topological polar surface area (TPSA) is 351 Å². The highest BCUT2D eigenvalue weighted by atomic mass is 16.2. The molecule has 0 aliphatic rings. The summed E-state index contributed by atoms with van der Waals surface area (Å²) < 4.78 is 0. The van der Waals surface area contributed by atoms with Gasteiger partial charge in [-0.05, 0) is 148 Å². The fourth-order valence-corrected chi connectivity index (χ4v) is 9.55. The van der Waals surface area contributed by atoms with Crippen molar-refractivity contribution in [2.45, 2.75) is 288 Å². The summed E-state index contributed by atoms with van der Waals surface area (Å²) in [6.07, 6.45) is 32.5. The predicted octanol–water partition coefficient (Wildman–Crippen LogP) is 6.22. The highest BCUT2D eigenvalue weighted by Crippen LogP contribution is 2.13. The summed E-state index contributed by atoms with van der Waals surface area (Å²) in [5.41, 5.74) is 28.0. The molecule has 80 heavy (non-hydrogen) atoms. The summed E-state index contributed by atoms with van der Waals surface area (Å²) in [4.78, 5) is 102. The van der Waals surface area contributed by atoms with Crippen LogP contribution in [0.15, 0.2) is 0 Å². The second-order valence-electron chi connectivity index (χ2n) is 22.0. The Balaban J connectivity index is 4.47. The lowest BCUT2D eigenvalue weighted by Crippen LogP contribution is -2.47. The van der Waals surface area contributed by atoms with Crippen LogP contribution in [0.1, 0.15) is 264 Å². The van der Waals surface area contributed by atoms with E-state index in [0.29, 0.717) is 116 Å². The highest BCUT2D eigenvalue weighted by Gasteiger charge is 2.23. The van der Waals surface area contributed by atoms with Crippen LogP contribution in [0.3, 0.4) is 0 Å². The zero-order valence-corrected chi connectivity index (χ0v) is 50.2. The highest BCUT2D eigenvalue weighted by molar-refractivity contribution is 5.89. The number of hydrogen-bond acceptors (Lipinski definition) is 12. The molecule has 0 fully saturated rings. The molecule has 8 amide bonds. The number of primary amides is 1. The van der Waals surface area contributed by atoms with E-state index in [1.54, 1.807) is 0 Å². The van der Waals surface area contributed by atoms with E-state index in [1.807, 2.05) is 0 Å². The molecular formula is C60H118N12O8. The van der Waals surface area contributed by atoms with Gasteiger partial charge in [0.2, 0.25) is 47.3 Å². The molecule has 466 valence electrons. The van der Waals surface area contributed by atoms with E-state index in [-0.39, 0.29) is 41.4 Å². The molecule has 0 rings (SSSR count). The smallest absolute Gasteiger partial charge is 0.242 e. The zero-order valence-electron chi connectivity index (χ0n) is 50.2. The lowest BCUT2D eigenvalue weighted by molar-refractivity contribution is -0.129. The lowest BCUT2D eigenvalue weighted by atomic mass is 10.1. The van der Waals surface area contributed by atoms with Crippen molar-refractivity contribution in [3.05, 3.63) is 0 Å². The van der Waals surface area contributed by atoms with Crippen molar-refractivity contribution in [3.63, 3.8) is 0 Å². The summed E-state index contributed by atoms with van der Waals surface area (Å²) in [5.74, 6) is -1.63. The molecule has 0 heterocycles. The first-order valence-electron chi connectivity index (χ1n) is 31.9. The number of unbranched alkanes of at least 4 members (excludes halogenated alkanes) is 24. The molecule has 20 nitrogen and oxygen atoms in total. The molecule has 0 aromatic rings. The number of hydrogen-bond donors (Lipinski definition) is 12. The molecule has 0 saturated carbocycles. The van der Waals surface area contributed by atoms with E-state index >= 15 is 0 Å². The van der Waals surface area contributed by atoms with Gasteiger partial charge in [-0.2, -0.15) is 0 Å². The van der Waals surface area contributed by atoms with Crippen LogP contribution in [0.4, 0.5) is 0 Å². The average Bonchev–Trinajstić information content (AvgIpc) is 3.43. The number of nitrogens with one attached hydrogen (secondary N) is 7. The minimum atomic E-state index is -0.670. The Bertz CT molecular complexity index is 1610. The Morgan fingerprint density at radius 2 is 0.512 bits per heavy atom. The summed E-state index contributed by atoms with van der Waals surface area (Å²) >= 11 is 0. The van der Waals surface area contributed by atoms with E-state index in [9.17, 15) is 38.4 Å². The van der Waals surface area contributed by atoms with E-state index in [4.69, 9.17) is 28.7 Å². The molecule has 17 N–H and O–H groups in total. The van der Waals surface area contributed by atoms with E-state index in [2.05, 4.69) is 44.1 Å². The first-order valence-corrected chi connectivity index (χ1v) is 31.9. The van der Waals surface area contributed by atoms with Gasteiger partial charge in [-0.3, -0.25) is 38.4 Å². The Morgan fingerprint density at radius 1 is 0.287 bits per heavy atom. The summed E-state index contributed by atoms with van der Waals surface area (Å²) in [7, 11) is 0. The molecule has 20 heteroatoms. The number of carbonyl (C=O) groups is 8. The van der Waals surface area contributed by atoms with Crippen LogP contribution in [0, 0.1) is 0 Å². The lowest BCUT2D eigenvalue weighted by Gasteiger charge is -2.19. The van der Waals surface area contributed by atoms with Gasteiger partial charge in [-0.25, -0.2) is 0 Å². The average molecular weight is 1140 g/mol. The van der Waals surface area contributed by atoms with Gasteiger partial charge in [-0.15, -0.1) is 0 Å². The Hall–Kier alpha value is -4.40. The molecule has 0 aliphatic carbocycles. The van der Waals surface area contributed by atoms with Crippen molar-refractivity contribution in [2.75, 3.05) is 45.8 Å². The third kappa shape index (κ3) is 46.2. The van der Waals surface area contributed by atoms with Crippen molar-refractivity contribution >= 4 is 47.3 Å². The van der Waals surface area contributed by atoms with Gasteiger partial charge in [0, 0.05) is 45.3 Å². The van der Waals surface area contributed by atoms with Crippen molar-refractivity contribution in [1.29, 1.82) is 0 Å². The normalized spacial score (nSPS) is 12.7. The molecule has 4 atom stereocenters. The SMILES string of the molecule is CCCCCCCCCCCC(=O)N[C@@H](CCCCN)C(=O)NCCCCCCCC(=O)N[C@@H](CCCCN)C(=O)NCCCCCCCC(=O)N[C@@H](CCCCN)C(=O)NCCCCCCCC(=O)N[C@@H](CCCCN)C(N)=O. The first-order chi connectivity index (χ1) is 38.8. The molecule has 0 aromatic carbocycles. The maximum atomic E-state index is 13.2. The third-order valence-electron chi connectivity index (χ3n) is 14.6. The van der Waals surface area contributed by atoms with Crippen LogP contribution in [0.25, 0.3) is 0 Å². The van der Waals surface area contributed by atoms with Gasteiger partial charge in [0.1, 0.15) is 24.2 Å². The first kappa shape index (κ1) is 75.6. The molecule has 0 unspecified atom stereocenters.